The number of hydrogen-bond acceptors (Lipinski definition) is 4. The molecule has 90 valence electrons. The lowest BCUT2D eigenvalue weighted by molar-refractivity contribution is -0.000528. The SMILES string of the molecule is CNCC1CN(C(=O)OC(C)(C)C)C1.N. The van der Waals surface area contributed by atoms with Crippen molar-refractivity contribution in [3.8, 4) is 0 Å². The number of hydrogen-bond donors (Lipinski definition) is 2. The van der Waals surface area contributed by atoms with E-state index in [0.29, 0.717) is 5.92 Å². The van der Waals surface area contributed by atoms with Crippen molar-refractivity contribution in [2.75, 3.05) is 26.7 Å². The minimum absolute atomic E-state index is 0. The molecule has 15 heavy (non-hydrogen) atoms. The normalized spacial score (nSPS) is 16.7. The molecule has 5 heteroatoms. The van der Waals surface area contributed by atoms with Gasteiger partial charge in [0.1, 0.15) is 5.60 Å². The monoisotopic (exact) mass is 217 g/mol. The summed E-state index contributed by atoms with van der Waals surface area (Å²) in [5.74, 6) is 0.590. The molecule has 1 saturated heterocycles. The summed E-state index contributed by atoms with van der Waals surface area (Å²) in [6.45, 7) is 8.26. The summed E-state index contributed by atoms with van der Waals surface area (Å²) in [6.07, 6.45) is -0.190. The summed E-state index contributed by atoms with van der Waals surface area (Å²) in [4.78, 5) is 13.2. The van der Waals surface area contributed by atoms with Crippen LogP contribution in [-0.2, 0) is 4.74 Å². The number of likely N-dealkylation sites (tertiary alicyclic amines) is 1. The molecular weight excluding hydrogens is 194 g/mol. The summed E-state index contributed by atoms with van der Waals surface area (Å²) in [5, 5.41) is 3.10. The Kier molecular flexibility index (Phi) is 5.03. The second kappa shape index (κ2) is 5.32. The molecule has 4 N–H and O–H groups in total. The smallest absolute Gasteiger partial charge is 0.410 e. The van der Waals surface area contributed by atoms with Gasteiger partial charge >= 0.3 is 6.09 Å². The zero-order valence-corrected chi connectivity index (χ0v) is 10.2. The van der Waals surface area contributed by atoms with Crippen LogP contribution in [0.4, 0.5) is 4.79 Å². The second-order valence-electron chi connectivity index (χ2n) is 4.81. The second-order valence-corrected chi connectivity index (χ2v) is 4.81. The van der Waals surface area contributed by atoms with Crippen molar-refractivity contribution >= 4 is 6.09 Å². The highest BCUT2D eigenvalue weighted by Crippen LogP contribution is 2.18. The van der Waals surface area contributed by atoms with Gasteiger partial charge in [0.25, 0.3) is 0 Å². The topological polar surface area (TPSA) is 76.6 Å². The van der Waals surface area contributed by atoms with Crippen LogP contribution < -0.4 is 11.5 Å². The van der Waals surface area contributed by atoms with Crippen LogP contribution in [0.25, 0.3) is 0 Å². The van der Waals surface area contributed by atoms with Gasteiger partial charge in [-0.15, -0.1) is 0 Å². The van der Waals surface area contributed by atoms with Gasteiger partial charge in [0.05, 0.1) is 0 Å². The number of carbonyl (C=O) groups excluding carboxylic acids is 1. The lowest BCUT2D eigenvalue weighted by atomic mass is 10.0. The highest BCUT2D eigenvalue weighted by Gasteiger charge is 2.32. The fourth-order valence-corrected chi connectivity index (χ4v) is 1.46. The molecule has 0 aromatic carbocycles. The zero-order chi connectivity index (χ0) is 10.8. The largest absolute Gasteiger partial charge is 0.444 e. The first-order valence-corrected chi connectivity index (χ1v) is 5.05. The molecule has 0 unspecified atom stereocenters. The highest BCUT2D eigenvalue weighted by atomic mass is 16.6. The van der Waals surface area contributed by atoms with E-state index in [9.17, 15) is 4.79 Å². The Morgan fingerprint density at radius 2 is 2.00 bits per heavy atom. The highest BCUT2D eigenvalue weighted by molar-refractivity contribution is 5.69. The molecular formula is C10H23N3O2. The van der Waals surface area contributed by atoms with Gasteiger partial charge in [0.15, 0.2) is 0 Å². The summed E-state index contributed by atoms with van der Waals surface area (Å²) in [5.41, 5.74) is -0.384. The third kappa shape index (κ3) is 4.48. The van der Waals surface area contributed by atoms with Crippen LogP contribution in [0.3, 0.4) is 0 Å². The molecule has 0 atom stereocenters. The molecule has 1 aliphatic heterocycles. The lowest BCUT2D eigenvalue weighted by Gasteiger charge is -2.39. The Bertz CT molecular complexity index is 207. The molecule has 0 saturated carbocycles. The number of nitrogens with zero attached hydrogens (tertiary/aromatic N) is 1. The van der Waals surface area contributed by atoms with E-state index in [1.807, 2.05) is 27.8 Å². The summed E-state index contributed by atoms with van der Waals surface area (Å²) >= 11 is 0. The maximum atomic E-state index is 11.5. The van der Waals surface area contributed by atoms with Crippen LogP contribution in [0.1, 0.15) is 20.8 Å². The third-order valence-electron chi connectivity index (χ3n) is 2.10. The average Bonchev–Trinajstić information content (AvgIpc) is 1.91. The standard InChI is InChI=1S/C10H20N2O2.H3N/c1-10(2,3)14-9(13)12-6-8(7-12)5-11-4;/h8,11H,5-7H2,1-4H3;1H3. The van der Waals surface area contributed by atoms with Crippen molar-refractivity contribution in [2.45, 2.75) is 26.4 Å². The first-order chi connectivity index (χ1) is 6.42. The fourth-order valence-electron chi connectivity index (χ4n) is 1.46. The van der Waals surface area contributed by atoms with E-state index >= 15 is 0 Å². The van der Waals surface area contributed by atoms with Crippen molar-refractivity contribution < 1.29 is 9.53 Å². The average molecular weight is 217 g/mol. The summed E-state index contributed by atoms with van der Waals surface area (Å²) in [7, 11) is 1.93. The number of amides is 1. The fraction of sp³-hybridized carbons (Fsp3) is 0.900. The first kappa shape index (κ1) is 14.2. The molecule has 0 aromatic heterocycles. The van der Waals surface area contributed by atoms with Crippen LogP contribution in [0.15, 0.2) is 0 Å². The minimum Gasteiger partial charge on any atom is -0.444 e. The molecule has 0 radical (unpaired) electrons. The summed E-state index contributed by atoms with van der Waals surface area (Å²) in [6, 6.07) is 0. The minimum atomic E-state index is -0.384. The van der Waals surface area contributed by atoms with Gasteiger partial charge in [-0.3, -0.25) is 0 Å². The van der Waals surface area contributed by atoms with Crippen LogP contribution in [0.2, 0.25) is 0 Å². The van der Waals surface area contributed by atoms with Crippen molar-refractivity contribution in [1.82, 2.24) is 16.4 Å². The van der Waals surface area contributed by atoms with E-state index in [1.54, 1.807) is 4.90 Å². The molecule has 0 spiro atoms. The molecule has 1 fully saturated rings. The van der Waals surface area contributed by atoms with Crippen LogP contribution in [0.5, 0.6) is 0 Å². The number of carbonyl (C=O) groups is 1. The third-order valence-corrected chi connectivity index (χ3v) is 2.10. The first-order valence-electron chi connectivity index (χ1n) is 5.05. The maximum Gasteiger partial charge on any atom is 0.410 e. The van der Waals surface area contributed by atoms with E-state index < -0.39 is 0 Å². The quantitative estimate of drug-likeness (QED) is 0.729. The van der Waals surface area contributed by atoms with E-state index in [4.69, 9.17) is 4.74 Å². The van der Waals surface area contributed by atoms with Crippen molar-refractivity contribution in [3.05, 3.63) is 0 Å². The van der Waals surface area contributed by atoms with E-state index in [2.05, 4.69) is 5.32 Å². The number of rotatable bonds is 2. The van der Waals surface area contributed by atoms with Crippen LogP contribution in [0, 0.1) is 5.92 Å². The zero-order valence-electron chi connectivity index (χ0n) is 10.2. The maximum absolute atomic E-state index is 11.5. The predicted octanol–water partition coefficient (Wildman–Crippen LogP) is 1.23. The van der Waals surface area contributed by atoms with Crippen molar-refractivity contribution in [2.24, 2.45) is 5.92 Å². The molecule has 5 nitrogen and oxygen atoms in total. The Balaban J connectivity index is 0.00000196. The van der Waals surface area contributed by atoms with Gasteiger partial charge in [-0.25, -0.2) is 4.79 Å². The van der Waals surface area contributed by atoms with Gasteiger partial charge < -0.3 is 21.1 Å². The molecule has 0 bridgehead atoms. The van der Waals surface area contributed by atoms with E-state index in [-0.39, 0.29) is 17.8 Å². The van der Waals surface area contributed by atoms with Gasteiger partial charge in [-0.1, -0.05) is 0 Å². The van der Waals surface area contributed by atoms with Gasteiger partial charge in [0.2, 0.25) is 0 Å². The molecule has 0 aliphatic carbocycles. The Hall–Kier alpha value is -0.810. The Labute approximate surface area is 91.7 Å². The van der Waals surface area contributed by atoms with Gasteiger partial charge in [0, 0.05) is 25.6 Å². The lowest BCUT2D eigenvalue weighted by Crippen LogP contribution is -2.54. The Morgan fingerprint density at radius 1 is 1.47 bits per heavy atom. The molecule has 1 aliphatic rings. The summed E-state index contributed by atoms with van der Waals surface area (Å²) < 4.78 is 5.23. The van der Waals surface area contributed by atoms with Crippen LogP contribution in [-0.4, -0.2) is 43.3 Å². The predicted molar refractivity (Wildman–Crippen MR) is 60.2 cm³/mol. The number of ether oxygens (including phenoxy) is 1. The Morgan fingerprint density at radius 3 is 2.40 bits per heavy atom. The van der Waals surface area contributed by atoms with Crippen molar-refractivity contribution in [3.63, 3.8) is 0 Å². The van der Waals surface area contributed by atoms with Crippen LogP contribution >= 0.6 is 0 Å². The molecule has 1 heterocycles. The van der Waals surface area contributed by atoms with Crippen molar-refractivity contribution in [1.29, 1.82) is 0 Å². The molecule has 1 rings (SSSR count). The van der Waals surface area contributed by atoms with E-state index in [1.165, 1.54) is 0 Å². The van der Waals surface area contributed by atoms with Gasteiger partial charge in [-0.05, 0) is 27.8 Å². The van der Waals surface area contributed by atoms with Gasteiger partial charge in [-0.2, -0.15) is 0 Å². The molecule has 0 aromatic rings. The van der Waals surface area contributed by atoms with E-state index in [0.717, 1.165) is 19.6 Å². The molecule has 1 amide bonds. The number of nitrogens with one attached hydrogen (secondary N) is 1.